The molecule has 0 unspecified atom stereocenters. The molecule has 0 fully saturated rings. The molecule has 35 heavy (non-hydrogen) atoms. The zero-order valence-corrected chi connectivity index (χ0v) is 19.8. The minimum Gasteiger partial charge on any atom is -0.480 e. The van der Waals surface area contributed by atoms with Gasteiger partial charge in [0.05, 0.1) is 19.6 Å². The maximum atomic E-state index is 13.3. The van der Waals surface area contributed by atoms with E-state index in [1.54, 1.807) is 13.8 Å². The van der Waals surface area contributed by atoms with Crippen molar-refractivity contribution < 1.29 is 33.8 Å². The summed E-state index contributed by atoms with van der Waals surface area (Å²) in [4.78, 5) is 51.4. The average molecular weight is 483 g/mol. The fraction of sp³-hybridized carbons (Fsp3) is 0.385. The maximum Gasteiger partial charge on any atom is 0.411 e. The number of carbonyl (C=O) groups is 4. The first kappa shape index (κ1) is 25.7. The third-order valence-electron chi connectivity index (χ3n) is 5.92. The van der Waals surface area contributed by atoms with E-state index in [1.807, 2.05) is 54.6 Å². The summed E-state index contributed by atoms with van der Waals surface area (Å²) in [6.45, 7) is 3.58. The first-order valence-corrected chi connectivity index (χ1v) is 11.5. The Morgan fingerprint density at radius 3 is 2.34 bits per heavy atom. The summed E-state index contributed by atoms with van der Waals surface area (Å²) in [7, 11) is 0. The quantitative estimate of drug-likeness (QED) is 0.527. The molecule has 0 saturated heterocycles. The van der Waals surface area contributed by atoms with Crippen molar-refractivity contribution in [3.05, 3.63) is 71.3 Å². The Morgan fingerprint density at radius 2 is 1.69 bits per heavy atom. The molecule has 2 N–H and O–H groups in total. The number of fused-ring (bicyclic) bond motifs is 1. The van der Waals surface area contributed by atoms with Crippen LogP contribution < -0.4 is 5.32 Å². The van der Waals surface area contributed by atoms with E-state index in [4.69, 9.17) is 9.47 Å². The molecule has 3 atom stereocenters. The van der Waals surface area contributed by atoms with Gasteiger partial charge in [0.25, 0.3) is 0 Å². The topological polar surface area (TPSA) is 122 Å². The molecule has 186 valence electrons. The molecule has 0 aromatic heterocycles. The highest BCUT2D eigenvalue weighted by Gasteiger charge is 2.38. The Labute approximate surface area is 204 Å². The molecule has 0 aliphatic carbocycles. The lowest BCUT2D eigenvalue weighted by molar-refractivity contribution is -0.147. The average Bonchev–Trinajstić information content (AvgIpc) is 2.85. The Hall–Kier alpha value is -3.88. The molecule has 2 aromatic carbocycles. The van der Waals surface area contributed by atoms with Crippen LogP contribution in [0, 0.1) is 5.92 Å². The van der Waals surface area contributed by atoms with Crippen LogP contribution >= 0.6 is 0 Å². The van der Waals surface area contributed by atoms with Crippen molar-refractivity contribution in [1.29, 1.82) is 0 Å². The summed E-state index contributed by atoms with van der Waals surface area (Å²) in [5, 5.41) is 12.2. The lowest BCUT2D eigenvalue weighted by Gasteiger charge is -2.36. The van der Waals surface area contributed by atoms with Crippen molar-refractivity contribution in [2.45, 2.75) is 51.9 Å². The number of esters is 1. The van der Waals surface area contributed by atoms with Gasteiger partial charge in [-0.2, -0.15) is 0 Å². The number of nitrogens with zero attached hydrogens (tertiary/aromatic N) is 1. The summed E-state index contributed by atoms with van der Waals surface area (Å²) < 4.78 is 10.4. The van der Waals surface area contributed by atoms with Crippen LogP contribution in [0.2, 0.25) is 0 Å². The summed E-state index contributed by atoms with van der Waals surface area (Å²) in [5.74, 6) is -3.16. The highest BCUT2D eigenvalue weighted by atomic mass is 16.6. The second-order valence-corrected chi connectivity index (χ2v) is 8.47. The van der Waals surface area contributed by atoms with Crippen LogP contribution in [0.3, 0.4) is 0 Å². The predicted octanol–water partition coefficient (Wildman–Crippen LogP) is 2.91. The van der Waals surface area contributed by atoms with Crippen molar-refractivity contribution >= 4 is 23.9 Å². The lowest BCUT2D eigenvalue weighted by atomic mass is 9.92. The summed E-state index contributed by atoms with van der Waals surface area (Å²) in [6, 6.07) is 14.3. The third-order valence-corrected chi connectivity index (χ3v) is 5.92. The molecule has 2 amide bonds. The Morgan fingerprint density at radius 1 is 1.03 bits per heavy atom. The van der Waals surface area contributed by atoms with Crippen LogP contribution in [0.5, 0.6) is 0 Å². The van der Waals surface area contributed by atoms with Gasteiger partial charge < -0.3 is 19.9 Å². The minimum absolute atomic E-state index is 0.0421. The molecule has 9 heteroatoms. The Bertz CT molecular complexity index is 1060. The fourth-order valence-electron chi connectivity index (χ4n) is 4.05. The zero-order chi connectivity index (χ0) is 25.4. The van der Waals surface area contributed by atoms with Gasteiger partial charge in [-0.1, -0.05) is 61.5 Å². The van der Waals surface area contributed by atoms with E-state index in [0.29, 0.717) is 0 Å². The second-order valence-electron chi connectivity index (χ2n) is 8.47. The monoisotopic (exact) mass is 482 g/mol. The van der Waals surface area contributed by atoms with Gasteiger partial charge in [-0.15, -0.1) is 0 Å². The molecule has 1 aliphatic rings. The number of hydrogen-bond donors (Lipinski definition) is 2. The Kier molecular flexibility index (Phi) is 8.83. The van der Waals surface area contributed by atoms with Crippen LogP contribution in [-0.4, -0.2) is 52.6 Å². The molecule has 0 saturated carbocycles. The zero-order valence-electron chi connectivity index (χ0n) is 19.8. The fourth-order valence-corrected chi connectivity index (χ4v) is 4.05. The van der Waals surface area contributed by atoms with Crippen molar-refractivity contribution in [2.75, 3.05) is 6.61 Å². The van der Waals surface area contributed by atoms with Crippen LogP contribution in [-0.2, 0) is 43.4 Å². The molecule has 1 aliphatic heterocycles. The standard InChI is InChI=1S/C26H30N2O7/c1-3-34-22(29)13-17(2)23(25(31)32)27-24(30)21-14-19-11-7-8-12-20(19)15-28(21)26(33)35-16-18-9-5-4-6-10-18/h4-12,17,21,23H,3,13-16H2,1-2H3,(H,27,30)(H,31,32)/t17-,21-,23+/m0/s1. The van der Waals surface area contributed by atoms with E-state index in [1.165, 1.54) is 4.90 Å². The summed E-state index contributed by atoms with van der Waals surface area (Å²) in [6.07, 6.45) is -0.627. The van der Waals surface area contributed by atoms with Crippen LogP contribution in [0.4, 0.5) is 4.79 Å². The van der Waals surface area contributed by atoms with Gasteiger partial charge in [-0.25, -0.2) is 9.59 Å². The van der Waals surface area contributed by atoms with E-state index in [-0.39, 0.29) is 32.6 Å². The lowest BCUT2D eigenvalue weighted by Crippen LogP contribution is -2.56. The minimum atomic E-state index is -1.33. The SMILES string of the molecule is CCOC(=O)C[C@H](C)[C@@H](NC(=O)[C@@H]1Cc2ccccc2CN1C(=O)OCc1ccccc1)C(=O)O. The van der Waals surface area contributed by atoms with E-state index in [0.717, 1.165) is 16.7 Å². The van der Waals surface area contributed by atoms with E-state index in [9.17, 15) is 24.3 Å². The number of ether oxygens (including phenoxy) is 2. The molecular weight excluding hydrogens is 452 g/mol. The first-order chi connectivity index (χ1) is 16.8. The molecule has 0 bridgehead atoms. The van der Waals surface area contributed by atoms with E-state index in [2.05, 4.69) is 5.32 Å². The van der Waals surface area contributed by atoms with E-state index >= 15 is 0 Å². The normalized spacial score (nSPS) is 16.4. The molecule has 3 rings (SSSR count). The maximum absolute atomic E-state index is 13.3. The predicted molar refractivity (Wildman–Crippen MR) is 126 cm³/mol. The number of benzene rings is 2. The number of carbonyl (C=O) groups excluding carboxylic acids is 3. The van der Waals surface area contributed by atoms with Gasteiger partial charge in [0.2, 0.25) is 5.91 Å². The van der Waals surface area contributed by atoms with Gasteiger partial charge in [0.1, 0.15) is 18.7 Å². The van der Waals surface area contributed by atoms with E-state index < -0.39 is 41.9 Å². The first-order valence-electron chi connectivity index (χ1n) is 11.5. The van der Waals surface area contributed by atoms with Gasteiger partial charge in [0, 0.05) is 6.42 Å². The number of amides is 2. The molecule has 9 nitrogen and oxygen atoms in total. The number of aliphatic carboxylic acids is 1. The molecule has 0 spiro atoms. The number of rotatable bonds is 9. The van der Waals surface area contributed by atoms with Crippen molar-refractivity contribution in [2.24, 2.45) is 5.92 Å². The number of nitrogens with one attached hydrogen (secondary N) is 1. The molecule has 1 heterocycles. The molecular formula is C26H30N2O7. The highest BCUT2D eigenvalue weighted by Crippen LogP contribution is 2.25. The summed E-state index contributed by atoms with van der Waals surface area (Å²) >= 11 is 0. The second kappa shape index (κ2) is 12.0. The van der Waals surface area contributed by atoms with Gasteiger partial charge >= 0.3 is 18.0 Å². The van der Waals surface area contributed by atoms with Gasteiger partial charge in [-0.05, 0) is 29.5 Å². The number of carboxylic acid groups (broad SMARTS) is 1. The van der Waals surface area contributed by atoms with Crippen LogP contribution in [0.1, 0.15) is 37.0 Å². The molecule has 2 aromatic rings. The molecule has 0 radical (unpaired) electrons. The van der Waals surface area contributed by atoms with Crippen molar-refractivity contribution in [1.82, 2.24) is 10.2 Å². The smallest absolute Gasteiger partial charge is 0.411 e. The van der Waals surface area contributed by atoms with Crippen molar-refractivity contribution in [3.8, 4) is 0 Å². The third kappa shape index (κ3) is 6.81. The highest BCUT2D eigenvalue weighted by molar-refractivity contribution is 5.90. The largest absolute Gasteiger partial charge is 0.480 e. The number of hydrogen-bond acceptors (Lipinski definition) is 6. The Balaban J connectivity index is 1.77. The number of carboxylic acids is 1. The van der Waals surface area contributed by atoms with Crippen LogP contribution in [0.15, 0.2) is 54.6 Å². The summed E-state index contributed by atoms with van der Waals surface area (Å²) in [5.41, 5.74) is 2.59. The van der Waals surface area contributed by atoms with Crippen molar-refractivity contribution in [3.63, 3.8) is 0 Å². The van der Waals surface area contributed by atoms with Gasteiger partial charge in [0.15, 0.2) is 0 Å². The van der Waals surface area contributed by atoms with Gasteiger partial charge in [-0.3, -0.25) is 14.5 Å². The van der Waals surface area contributed by atoms with Crippen LogP contribution in [0.25, 0.3) is 0 Å².